The molecule has 0 saturated carbocycles. The van der Waals surface area contributed by atoms with Crippen molar-refractivity contribution in [2.45, 2.75) is 26.7 Å². The van der Waals surface area contributed by atoms with Crippen LogP contribution in [0.5, 0.6) is 0 Å². The van der Waals surface area contributed by atoms with Crippen LogP contribution in [0.4, 0.5) is 0 Å². The zero-order valence-corrected chi connectivity index (χ0v) is 17.3. The number of aromatic nitrogens is 3. The van der Waals surface area contributed by atoms with Crippen LogP contribution in [0.3, 0.4) is 0 Å². The van der Waals surface area contributed by atoms with Gasteiger partial charge in [0.15, 0.2) is 10.6 Å². The van der Waals surface area contributed by atoms with E-state index in [9.17, 15) is 4.79 Å². The Kier molecular flexibility index (Phi) is 6.20. The monoisotopic (exact) mass is 401 g/mol. The molecule has 0 radical (unpaired) electrons. The molecule has 0 aliphatic carbocycles. The van der Waals surface area contributed by atoms with Gasteiger partial charge in [-0.3, -0.25) is 14.3 Å². The van der Waals surface area contributed by atoms with Crippen LogP contribution in [-0.4, -0.2) is 39.3 Å². The van der Waals surface area contributed by atoms with Crippen molar-refractivity contribution in [1.82, 2.24) is 24.6 Å². The number of nitrogens with one attached hydrogen (secondary N) is 1. The molecule has 1 amide bonds. The topological polar surface area (TPSA) is 55.1 Å². The first-order chi connectivity index (χ1) is 13.0. The molecule has 1 aromatic carbocycles. The number of amides is 1. The summed E-state index contributed by atoms with van der Waals surface area (Å²) >= 11 is 7.29. The smallest absolute Gasteiger partial charge is 0.251 e. The number of nitrogens with zero attached hydrogens (tertiary/aromatic N) is 4. The van der Waals surface area contributed by atoms with Crippen molar-refractivity contribution in [2.24, 2.45) is 0 Å². The Balaban J connectivity index is 1.73. The predicted octanol–water partition coefficient (Wildman–Crippen LogP) is 3.61. The van der Waals surface area contributed by atoms with E-state index in [4.69, 9.17) is 17.3 Å². The first-order valence-corrected chi connectivity index (χ1v) is 10.0. The molecular weight excluding hydrogens is 378 g/mol. The Bertz CT molecular complexity index is 957. The maximum absolute atomic E-state index is 11.6. The van der Waals surface area contributed by atoms with E-state index in [2.05, 4.69) is 27.8 Å². The van der Waals surface area contributed by atoms with Gasteiger partial charge in [-0.15, -0.1) is 16.4 Å². The minimum Gasteiger partial charge on any atom is -0.355 e. The molecule has 0 bridgehead atoms. The lowest BCUT2D eigenvalue weighted by Gasteiger charge is -2.16. The Labute approximate surface area is 168 Å². The van der Waals surface area contributed by atoms with E-state index >= 15 is 0 Å². The Morgan fingerprint density at radius 2 is 2.04 bits per heavy atom. The second-order valence-electron chi connectivity index (χ2n) is 6.26. The molecule has 0 fully saturated rings. The van der Waals surface area contributed by atoms with E-state index in [0.29, 0.717) is 12.2 Å². The number of hydrogen-bond donors (Lipinski definition) is 1. The molecule has 3 rings (SSSR count). The van der Waals surface area contributed by atoms with Gasteiger partial charge in [-0.25, -0.2) is 4.68 Å². The molecule has 2 aromatic heterocycles. The first-order valence-electron chi connectivity index (χ1n) is 8.74. The van der Waals surface area contributed by atoms with Crippen LogP contribution in [-0.2, 0) is 19.8 Å². The van der Waals surface area contributed by atoms with Crippen molar-refractivity contribution < 1.29 is 4.79 Å². The van der Waals surface area contributed by atoms with E-state index in [1.807, 2.05) is 47.4 Å². The molecule has 0 saturated heterocycles. The molecule has 0 unspecified atom stereocenters. The molecule has 1 N–H and O–H groups in total. The molecule has 0 aliphatic heterocycles. The summed E-state index contributed by atoms with van der Waals surface area (Å²) in [5, 5.41) is 9.42. The van der Waals surface area contributed by atoms with Gasteiger partial charge in [-0.1, -0.05) is 18.2 Å². The van der Waals surface area contributed by atoms with E-state index in [-0.39, 0.29) is 5.91 Å². The van der Waals surface area contributed by atoms with Crippen molar-refractivity contribution in [1.29, 1.82) is 0 Å². The average Bonchev–Trinajstić information content (AvgIpc) is 3.30. The van der Waals surface area contributed by atoms with E-state index in [1.165, 1.54) is 0 Å². The highest BCUT2D eigenvalue weighted by molar-refractivity contribution is 7.71. The highest BCUT2D eigenvalue weighted by Gasteiger charge is 2.14. The van der Waals surface area contributed by atoms with Gasteiger partial charge in [-0.2, -0.15) is 0 Å². The zero-order valence-electron chi connectivity index (χ0n) is 15.7. The summed E-state index contributed by atoms with van der Waals surface area (Å²) in [7, 11) is 3.66. The predicted molar refractivity (Wildman–Crippen MR) is 111 cm³/mol. The number of thiophene rings is 1. The minimum atomic E-state index is -0.0765. The maximum atomic E-state index is 11.6. The van der Waals surface area contributed by atoms with Crippen LogP contribution in [0, 0.1) is 4.77 Å². The maximum Gasteiger partial charge on any atom is 0.251 e. The average molecular weight is 402 g/mol. The zero-order chi connectivity index (χ0) is 19.4. The van der Waals surface area contributed by atoms with E-state index < -0.39 is 0 Å². The standard InChI is InChI=1S/C19H23N5OS2/c1-4-23-17(16-6-5-11-27-16)21-24(19(23)26)13-22(3)12-14-7-9-15(10-8-14)18(25)20-2/h5-11H,4,12-13H2,1-3H3,(H,20,25). The van der Waals surface area contributed by atoms with Crippen LogP contribution in [0.15, 0.2) is 41.8 Å². The summed E-state index contributed by atoms with van der Waals surface area (Å²) in [4.78, 5) is 14.9. The fourth-order valence-corrected chi connectivity index (χ4v) is 3.93. The third-order valence-corrected chi connectivity index (χ3v) is 5.55. The summed E-state index contributed by atoms with van der Waals surface area (Å²) in [6.07, 6.45) is 0. The van der Waals surface area contributed by atoms with Crippen LogP contribution in [0.1, 0.15) is 22.8 Å². The van der Waals surface area contributed by atoms with Gasteiger partial charge < -0.3 is 5.32 Å². The second-order valence-corrected chi connectivity index (χ2v) is 7.57. The Hall–Kier alpha value is -2.29. The van der Waals surface area contributed by atoms with Gasteiger partial charge in [0, 0.05) is 25.7 Å². The van der Waals surface area contributed by atoms with Gasteiger partial charge in [-0.05, 0) is 55.3 Å². The SMILES string of the molecule is CCn1c(-c2cccs2)nn(CN(C)Cc2ccc(C(=O)NC)cc2)c1=S. The highest BCUT2D eigenvalue weighted by atomic mass is 32.1. The van der Waals surface area contributed by atoms with Gasteiger partial charge in [0.2, 0.25) is 0 Å². The molecule has 2 heterocycles. The van der Waals surface area contributed by atoms with Crippen LogP contribution in [0.25, 0.3) is 10.7 Å². The van der Waals surface area contributed by atoms with Crippen molar-refractivity contribution >= 4 is 29.5 Å². The molecule has 0 atom stereocenters. The molecule has 8 heteroatoms. The first kappa shape index (κ1) is 19.5. The molecular formula is C19H23N5OS2. The number of carbonyl (C=O) groups is 1. The van der Waals surface area contributed by atoms with Crippen molar-refractivity contribution in [3.8, 4) is 10.7 Å². The Morgan fingerprint density at radius 3 is 2.63 bits per heavy atom. The van der Waals surface area contributed by atoms with Gasteiger partial charge >= 0.3 is 0 Å². The summed E-state index contributed by atoms with van der Waals surface area (Å²) in [5.41, 5.74) is 1.79. The van der Waals surface area contributed by atoms with Crippen molar-refractivity contribution in [2.75, 3.05) is 14.1 Å². The van der Waals surface area contributed by atoms with E-state index in [0.717, 1.165) is 34.1 Å². The second kappa shape index (κ2) is 8.60. The number of benzene rings is 1. The molecule has 6 nitrogen and oxygen atoms in total. The molecule has 0 aliphatic rings. The summed E-state index contributed by atoms with van der Waals surface area (Å²) < 4.78 is 4.66. The van der Waals surface area contributed by atoms with Crippen LogP contribution in [0.2, 0.25) is 0 Å². The lowest BCUT2D eigenvalue weighted by Crippen LogP contribution is -2.23. The molecule has 142 valence electrons. The van der Waals surface area contributed by atoms with Crippen molar-refractivity contribution in [3.63, 3.8) is 0 Å². The summed E-state index contributed by atoms with van der Waals surface area (Å²) in [6.45, 7) is 4.21. The lowest BCUT2D eigenvalue weighted by atomic mass is 10.1. The third-order valence-electron chi connectivity index (χ3n) is 4.25. The van der Waals surface area contributed by atoms with Crippen LogP contribution < -0.4 is 5.32 Å². The molecule has 27 heavy (non-hydrogen) atoms. The molecule has 0 spiro atoms. The largest absolute Gasteiger partial charge is 0.355 e. The fraction of sp³-hybridized carbons (Fsp3) is 0.316. The summed E-state index contributed by atoms with van der Waals surface area (Å²) in [5.74, 6) is 0.841. The lowest BCUT2D eigenvalue weighted by molar-refractivity contribution is 0.0963. The summed E-state index contributed by atoms with van der Waals surface area (Å²) in [6, 6.07) is 11.7. The quantitative estimate of drug-likeness (QED) is 0.615. The molecule has 3 aromatic rings. The number of hydrogen-bond acceptors (Lipinski definition) is 5. The fourth-order valence-electron chi connectivity index (χ4n) is 2.90. The van der Waals surface area contributed by atoms with Gasteiger partial charge in [0.1, 0.15) is 0 Å². The number of carbonyl (C=O) groups excluding carboxylic acids is 1. The highest BCUT2D eigenvalue weighted by Crippen LogP contribution is 2.23. The number of rotatable bonds is 7. The van der Waals surface area contributed by atoms with E-state index in [1.54, 1.807) is 18.4 Å². The third kappa shape index (κ3) is 4.35. The minimum absolute atomic E-state index is 0.0765. The van der Waals surface area contributed by atoms with Crippen molar-refractivity contribution in [3.05, 3.63) is 57.7 Å². The normalized spacial score (nSPS) is 11.1. The van der Waals surface area contributed by atoms with Gasteiger partial charge in [0.05, 0.1) is 11.5 Å². The van der Waals surface area contributed by atoms with Gasteiger partial charge in [0.25, 0.3) is 5.91 Å². The Morgan fingerprint density at radius 1 is 1.30 bits per heavy atom. The van der Waals surface area contributed by atoms with Crippen LogP contribution >= 0.6 is 23.6 Å².